The number of hydrogen-bond donors (Lipinski definition) is 0. The van der Waals surface area contributed by atoms with Crippen LogP contribution in [0.5, 0.6) is 0 Å². The molecule has 0 heterocycles. The van der Waals surface area contributed by atoms with Gasteiger partial charge in [0.05, 0.1) is 0 Å². The minimum Gasteiger partial charge on any atom is -0.224 e. The van der Waals surface area contributed by atoms with Gasteiger partial charge >= 0.3 is 0 Å². The highest BCUT2D eigenvalue weighted by Crippen LogP contribution is 2.06. The third kappa shape index (κ3) is 5.10. The number of allylic oxidation sites excluding steroid dienone is 1. The average Bonchev–Trinajstić information content (AvgIpc) is 1.63. The molecule has 0 bridgehead atoms. The molecule has 0 radical (unpaired) electrons. The van der Waals surface area contributed by atoms with Crippen molar-refractivity contribution in [2.75, 3.05) is 0 Å². The van der Waals surface area contributed by atoms with Gasteiger partial charge in [-0.15, -0.1) is 0 Å². The second-order valence-corrected chi connectivity index (χ2v) is 2.61. The molecule has 0 N–H and O–H groups in total. The molecule has 0 unspecified atom stereocenters. The molecule has 0 fully saturated rings. The molecule has 1 nitrogen and oxygen atoms in total. The normalized spacial score (nSPS) is 8.44. The van der Waals surface area contributed by atoms with Crippen molar-refractivity contribution in [3.8, 4) is 0 Å². The van der Waals surface area contributed by atoms with E-state index >= 15 is 0 Å². The molecule has 0 aromatic heterocycles. The highest BCUT2D eigenvalue weighted by Gasteiger charge is 1.92. The number of carbonyl (C=O) groups excluding carboxylic acids is 1. The maximum Gasteiger partial charge on any atom is 0.177 e. The fraction of sp³-hybridized carbons (Fsp3) is 0.625. The van der Waals surface area contributed by atoms with E-state index < -0.39 is 0 Å². The Balaban J connectivity index is 3.92. The van der Waals surface area contributed by atoms with Gasteiger partial charge in [-0.3, -0.25) is 0 Å². The Morgan fingerprint density at radius 2 is 2.11 bits per heavy atom. The van der Waals surface area contributed by atoms with Crippen LogP contribution in [0.4, 0.5) is 0 Å². The summed E-state index contributed by atoms with van der Waals surface area (Å²) in [5, 5.41) is 0. The second kappa shape index (κ2) is 4.14. The van der Waals surface area contributed by atoms with Gasteiger partial charge in [-0.1, -0.05) is 13.8 Å². The van der Waals surface area contributed by atoms with Gasteiger partial charge in [0, 0.05) is 0 Å². The predicted octanol–water partition coefficient (Wildman–Crippen LogP) is 1.97. The Kier molecular flexibility index (Phi) is 3.79. The van der Waals surface area contributed by atoms with Crippen LogP contribution >= 0.6 is 0 Å². The zero-order valence-electron chi connectivity index (χ0n) is 6.19. The monoisotopic (exact) mass is 124 g/mol. The molecule has 0 spiro atoms. The largest absolute Gasteiger partial charge is 0.224 e. The number of rotatable bonds is 2. The molecule has 0 aliphatic carbocycles. The molecular formula is C8H12O. The Hall–Kier alpha value is -0.770. The molecule has 0 rings (SSSR count). The summed E-state index contributed by atoms with van der Waals surface area (Å²) in [6.07, 6.45) is 0.940. The van der Waals surface area contributed by atoms with Gasteiger partial charge in [-0.05, 0) is 30.6 Å². The summed E-state index contributed by atoms with van der Waals surface area (Å²) in [6, 6.07) is 0. The van der Waals surface area contributed by atoms with Crippen LogP contribution < -0.4 is 0 Å². The SMILES string of the molecule is CC(=C=C=O)CC(C)C. The van der Waals surface area contributed by atoms with Crippen LogP contribution in [0.2, 0.25) is 0 Å². The fourth-order valence-corrected chi connectivity index (χ4v) is 0.751. The van der Waals surface area contributed by atoms with Crippen molar-refractivity contribution in [1.29, 1.82) is 0 Å². The molecule has 50 valence electrons. The molecule has 0 aromatic carbocycles. The van der Waals surface area contributed by atoms with Gasteiger partial charge in [0.2, 0.25) is 0 Å². The van der Waals surface area contributed by atoms with E-state index in [-0.39, 0.29) is 0 Å². The summed E-state index contributed by atoms with van der Waals surface area (Å²) in [4.78, 5) is 9.74. The summed E-state index contributed by atoms with van der Waals surface area (Å²) in [6.45, 7) is 6.11. The third-order valence-electron chi connectivity index (χ3n) is 0.979. The van der Waals surface area contributed by atoms with Crippen molar-refractivity contribution >= 4 is 5.94 Å². The molecule has 0 aliphatic rings. The molecule has 0 saturated carbocycles. The van der Waals surface area contributed by atoms with Crippen molar-refractivity contribution < 1.29 is 4.79 Å². The standard InChI is InChI=1S/C8H12O/c1-7(2)6-8(3)4-5-9/h7H,6H2,1-3H3. The maximum atomic E-state index is 9.74. The lowest BCUT2D eigenvalue weighted by atomic mass is 10.1. The van der Waals surface area contributed by atoms with Crippen molar-refractivity contribution in [1.82, 2.24) is 0 Å². The van der Waals surface area contributed by atoms with Crippen molar-refractivity contribution in [3.63, 3.8) is 0 Å². The molecule has 0 amide bonds. The van der Waals surface area contributed by atoms with E-state index in [2.05, 4.69) is 19.6 Å². The Morgan fingerprint density at radius 3 is 2.44 bits per heavy atom. The Bertz CT molecular complexity index is 155. The Morgan fingerprint density at radius 1 is 1.56 bits per heavy atom. The average molecular weight is 124 g/mol. The first-order valence-electron chi connectivity index (χ1n) is 3.12. The molecular weight excluding hydrogens is 112 g/mol. The summed E-state index contributed by atoms with van der Waals surface area (Å²) >= 11 is 0. The van der Waals surface area contributed by atoms with Gasteiger partial charge in [0.25, 0.3) is 0 Å². The lowest BCUT2D eigenvalue weighted by molar-refractivity contribution is 0.569. The van der Waals surface area contributed by atoms with Gasteiger partial charge in [0.1, 0.15) is 0 Å². The van der Waals surface area contributed by atoms with E-state index in [0.717, 1.165) is 12.0 Å². The topological polar surface area (TPSA) is 17.1 Å². The lowest BCUT2D eigenvalue weighted by Gasteiger charge is -1.99. The molecule has 0 aliphatic heterocycles. The van der Waals surface area contributed by atoms with E-state index in [1.807, 2.05) is 6.92 Å². The Labute approximate surface area is 56.1 Å². The van der Waals surface area contributed by atoms with Crippen molar-refractivity contribution in [2.24, 2.45) is 5.92 Å². The smallest absolute Gasteiger partial charge is 0.177 e. The summed E-state index contributed by atoms with van der Waals surface area (Å²) in [7, 11) is 0. The van der Waals surface area contributed by atoms with Crippen LogP contribution in [0.3, 0.4) is 0 Å². The molecule has 0 saturated heterocycles. The fourth-order valence-electron chi connectivity index (χ4n) is 0.751. The van der Waals surface area contributed by atoms with Crippen molar-refractivity contribution in [2.45, 2.75) is 27.2 Å². The van der Waals surface area contributed by atoms with E-state index in [0.29, 0.717) is 5.92 Å². The predicted molar refractivity (Wildman–Crippen MR) is 37.8 cm³/mol. The maximum absolute atomic E-state index is 9.74. The van der Waals surface area contributed by atoms with Gasteiger partial charge in [0.15, 0.2) is 5.94 Å². The van der Waals surface area contributed by atoms with Crippen LogP contribution in [-0.2, 0) is 4.79 Å². The second-order valence-electron chi connectivity index (χ2n) is 2.61. The highest BCUT2D eigenvalue weighted by molar-refractivity contribution is 5.44. The first kappa shape index (κ1) is 8.23. The minimum absolute atomic E-state index is 0.603. The van der Waals surface area contributed by atoms with E-state index in [9.17, 15) is 4.79 Å². The minimum atomic E-state index is 0.603. The van der Waals surface area contributed by atoms with E-state index in [4.69, 9.17) is 0 Å². The number of hydrogen-bond acceptors (Lipinski definition) is 1. The molecule has 0 atom stereocenters. The summed E-state index contributed by atoms with van der Waals surface area (Å²) < 4.78 is 0. The third-order valence-corrected chi connectivity index (χ3v) is 0.979. The summed E-state index contributed by atoms with van der Waals surface area (Å²) in [5.41, 5.74) is 3.47. The van der Waals surface area contributed by atoms with Gasteiger partial charge in [-0.2, -0.15) is 0 Å². The van der Waals surface area contributed by atoms with Crippen LogP contribution in [0, 0.1) is 5.92 Å². The van der Waals surface area contributed by atoms with Gasteiger partial charge in [-0.25, -0.2) is 4.79 Å². The molecule has 9 heavy (non-hydrogen) atoms. The van der Waals surface area contributed by atoms with Crippen LogP contribution in [0.1, 0.15) is 27.2 Å². The zero-order chi connectivity index (χ0) is 7.28. The van der Waals surface area contributed by atoms with Gasteiger partial charge < -0.3 is 0 Å². The summed E-state index contributed by atoms with van der Waals surface area (Å²) in [5.74, 6) is 2.24. The van der Waals surface area contributed by atoms with Crippen molar-refractivity contribution in [3.05, 3.63) is 11.3 Å². The lowest BCUT2D eigenvalue weighted by Crippen LogP contribution is -1.85. The zero-order valence-corrected chi connectivity index (χ0v) is 6.19. The van der Waals surface area contributed by atoms with Crippen LogP contribution in [0.25, 0.3) is 0 Å². The van der Waals surface area contributed by atoms with Crippen LogP contribution in [-0.4, -0.2) is 5.94 Å². The first-order chi connectivity index (χ1) is 4.16. The molecule has 0 aromatic rings. The first-order valence-corrected chi connectivity index (χ1v) is 3.12. The van der Waals surface area contributed by atoms with E-state index in [1.165, 1.54) is 0 Å². The molecule has 1 heteroatoms. The van der Waals surface area contributed by atoms with Crippen LogP contribution in [0.15, 0.2) is 11.3 Å². The van der Waals surface area contributed by atoms with E-state index in [1.54, 1.807) is 5.94 Å². The highest BCUT2D eigenvalue weighted by atomic mass is 16.1. The quantitative estimate of drug-likeness (QED) is 0.406.